The Hall–Kier alpha value is -3.42. The number of rotatable bonds is 5. The number of fused-ring (bicyclic) bond motifs is 4. The number of benzene rings is 2. The number of anilines is 1. The van der Waals surface area contributed by atoms with Crippen molar-refractivity contribution in [3.63, 3.8) is 0 Å². The number of para-hydroxylation sites is 1. The quantitative estimate of drug-likeness (QED) is 0.371. The minimum absolute atomic E-state index is 0. The molecule has 0 bridgehead atoms. The van der Waals surface area contributed by atoms with E-state index in [1.54, 1.807) is 13.3 Å². The van der Waals surface area contributed by atoms with Crippen molar-refractivity contribution in [1.29, 1.82) is 0 Å². The lowest BCUT2D eigenvalue weighted by atomic mass is 10.1. The van der Waals surface area contributed by atoms with Crippen molar-refractivity contribution in [2.24, 2.45) is 0 Å². The molecule has 1 saturated heterocycles. The van der Waals surface area contributed by atoms with Crippen LogP contribution in [0.2, 0.25) is 0 Å². The number of nitrogens with zero attached hydrogens (tertiary/aromatic N) is 5. The van der Waals surface area contributed by atoms with E-state index < -0.39 is 0 Å². The second-order valence-corrected chi connectivity index (χ2v) is 9.40. The Bertz CT molecular complexity index is 1420. The van der Waals surface area contributed by atoms with Gasteiger partial charge >= 0.3 is 0 Å². The Morgan fingerprint density at radius 3 is 2.58 bits per heavy atom. The van der Waals surface area contributed by atoms with Crippen molar-refractivity contribution in [3.8, 4) is 11.4 Å². The fraction of sp³-hybridized carbons (Fsp3) is 0.321. The third kappa shape index (κ3) is 4.33. The molecule has 36 heavy (non-hydrogen) atoms. The number of pyridine rings is 1. The number of ether oxygens (including phenoxy) is 1. The highest BCUT2D eigenvalue weighted by Gasteiger charge is 2.25. The average molecular weight is 504 g/mol. The van der Waals surface area contributed by atoms with Crippen LogP contribution in [0.4, 0.5) is 5.69 Å². The Kier molecular flexibility index (Phi) is 6.69. The van der Waals surface area contributed by atoms with Gasteiger partial charge in [0.25, 0.3) is 0 Å². The van der Waals surface area contributed by atoms with Gasteiger partial charge in [0.15, 0.2) is 5.78 Å². The fourth-order valence-corrected chi connectivity index (χ4v) is 5.29. The number of carbonyl (C=O) groups is 1. The number of piperazine rings is 1. The standard InChI is InChI=1S/C28H29N5O2.ClH/c1-19-9-10-22-23(30-19)6-4-7-24(22)32-15-13-31(14-16-32)12-11-21-5-3-8-25-28(21)35-17-26-27(20(2)34)29-18-33(25)26;/h3-10,18H,11-17H2,1-2H3;1H. The van der Waals surface area contributed by atoms with Gasteiger partial charge in [-0.25, -0.2) is 4.98 Å². The molecule has 7 nitrogen and oxygen atoms in total. The van der Waals surface area contributed by atoms with E-state index in [4.69, 9.17) is 9.72 Å². The summed E-state index contributed by atoms with van der Waals surface area (Å²) in [5.41, 5.74) is 6.89. The third-order valence-electron chi connectivity index (χ3n) is 7.15. The second kappa shape index (κ2) is 9.91. The zero-order valence-electron chi connectivity index (χ0n) is 20.6. The van der Waals surface area contributed by atoms with Crippen molar-refractivity contribution in [1.82, 2.24) is 19.4 Å². The van der Waals surface area contributed by atoms with Gasteiger partial charge in [-0.1, -0.05) is 18.2 Å². The van der Waals surface area contributed by atoms with E-state index in [1.807, 2.05) is 17.6 Å². The number of aryl methyl sites for hydroxylation is 1. The van der Waals surface area contributed by atoms with Crippen molar-refractivity contribution >= 4 is 34.8 Å². The summed E-state index contributed by atoms with van der Waals surface area (Å²) in [5.74, 6) is 0.876. The van der Waals surface area contributed by atoms with Crippen LogP contribution >= 0.6 is 12.4 Å². The second-order valence-electron chi connectivity index (χ2n) is 9.40. The van der Waals surface area contributed by atoms with E-state index in [9.17, 15) is 4.79 Å². The van der Waals surface area contributed by atoms with Gasteiger partial charge < -0.3 is 9.64 Å². The molecule has 0 amide bonds. The summed E-state index contributed by atoms with van der Waals surface area (Å²) in [6.07, 6.45) is 2.66. The fourth-order valence-electron chi connectivity index (χ4n) is 5.29. The Morgan fingerprint density at radius 1 is 1.00 bits per heavy atom. The van der Waals surface area contributed by atoms with E-state index >= 15 is 0 Å². The Labute approximate surface area is 217 Å². The van der Waals surface area contributed by atoms with Gasteiger partial charge in [0, 0.05) is 56.4 Å². The number of hydrogen-bond donors (Lipinski definition) is 0. The molecule has 0 unspecified atom stereocenters. The molecule has 186 valence electrons. The average Bonchev–Trinajstić information content (AvgIpc) is 3.32. The van der Waals surface area contributed by atoms with Gasteiger partial charge in [0.2, 0.25) is 0 Å². The van der Waals surface area contributed by atoms with Gasteiger partial charge in [-0.3, -0.25) is 19.2 Å². The van der Waals surface area contributed by atoms with Crippen molar-refractivity contribution in [3.05, 3.63) is 77.5 Å². The molecule has 0 saturated carbocycles. The summed E-state index contributed by atoms with van der Waals surface area (Å²) >= 11 is 0. The molecule has 2 aliphatic heterocycles. The number of hydrogen-bond acceptors (Lipinski definition) is 6. The molecule has 2 aromatic heterocycles. The molecular weight excluding hydrogens is 474 g/mol. The van der Waals surface area contributed by atoms with Crippen LogP contribution < -0.4 is 9.64 Å². The smallest absolute Gasteiger partial charge is 0.180 e. The molecule has 4 heterocycles. The SMILES string of the molecule is CC(=O)c1ncn2c1COc1c(CCN3CCN(c4cccc5nc(C)ccc45)CC3)cccc1-2.Cl. The molecule has 8 heteroatoms. The van der Waals surface area contributed by atoms with E-state index in [0.717, 1.165) is 67.5 Å². The molecule has 6 rings (SSSR count). The minimum atomic E-state index is -0.0315. The monoisotopic (exact) mass is 503 g/mol. The summed E-state index contributed by atoms with van der Waals surface area (Å²) in [4.78, 5) is 25.9. The summed E-state index contributed by atoms with van der Waals surface area (Å²) < 4.78 is 8.15. The van der Waals surface area contributed by atoms with Crippen LogP contribution in [-0.2, 0) is 13.0 Å². The Morgan fingerprint density at radius 2 is 1.78 bits per heavy atom. The lowest BCUT2D eigenvalue weighted by Crippen LogP contribution is -2.47. The van der Waals surface area contributed by atoms with Crippen LogP contribution in [0.3, 0.4) is 0 Å². The summed E-state index contributed by atoms with van der Waals surface area (Å²) in [6, 6.07) is 17.0. The zero-order chi connectivity index (χ0) is 23.9. The van der Waals surface area contributed by atoms with Crippen molar-refractivity contribution in [2.75, 3.05) is 37.6 Å². The first kappa shape index (κ1) is 24.3. The van der Waals surface area contributed by atoms with Gasteiger partial charge in [0.1, 0.15) is 24.4 Å². The number of carbonyl (C=O) groups excluding carboxylic acids is 1. The van der Waals surface area contributed by atoms with Crippen LogP contribution in [0.25, 0.3) is 16.6 Å². The molecule has 0 radical (unpaired) electrons. The number of Topliss-reactive ketones (excluding diaryl/α,β-unsaturated/α-hetero) is 1. The van der Waals surface area contributed by atoms with E-state index in [-0.39, 0.29) is 18.2 Å². The first-order valence-corrected chi connectivity index (χ1v) is 12.2. The molecule has 0 N–H and O–H groups in total. The molecule has 0 spiro atoms. The first-order chi connectivity index (χ1) is 17.1. The van der Waals surface area contributed by atoms with Gasteiger partial charge in [-0.05, 0) is 49.2 Å². The van der Waals surface area contributed by atoms with E-state index in [0.29, 0.717) is 12.3 Å². The zero-order valence-corrected chi connectivity index (χ0v) is 21.4. The third-order valence-corrected chi connectivity index (χ3v) is 7.15. The summed E-state index contributed by atoms with van der Waals surface area (Å²) in [7, 11) is 0. The normalized spacial score (nSPS) is 15.1. The topological polar surface area (TPSA) is 63.5 Å². The van der Waals surface area contributed by atoms with Crippen molar-refractivity contribution < 1.29 is 9.53 Å². The highest BCUT2D eigenvalue weighted by Crippen LogP contribution is 2.34. The molecule has 4 aromatic rings. The molecule has 2 aliphatic rings. The van der Waals surface area contributed by atoms with Crippen molar-refractivity contribution in [2.45, 2.75) is 26.9 Å². The molecule has 1 fully saturated rings. The molecular formula is C28H30ClN5O2. The largest absolute Gasteiger partial charge is 0.485 e. The van der Waals surface area contributed by atoms with E-state index in [1.165, 1.54) is 16.6 Å². The number of halogens is 1. The molecule has 2 aromatic carbocycles. The summed E-state index contributed by atoms with van der Waals surface area (Å²) in [6.45, 7) is 9.00. The number of aromatic nitrogens is 3. The van der Waals surface area contributed by atoms with Crippen LogP contribution in [0.1, 0.15) is 34.4 Å². The van der Waals surface area contributed by atoms with Crippen LogP contribution in [0.5, 0.6) is 5.75 Å². The maximum atomic E-state index is 11.9. The van der Waals surface area contributed by atoms with Gasteiger partial charge in [-0.15, -0.1) is 12.4 Å². The summed E-state index contributed by atoms with van der Waals surface area (Å²) in [5, 5.41) is 1.23. The van der Waals surface area contributed by atoms with Gasteiger partial charge in [0.05, 0.1) is 16.9 Å². The Balaban J connectivity index is 0.00000267. The lowest BCUT2D eigenvalue weighted by Gasteiger charge is -2.36. The van der Waals surface area contributed by atoms with Crippen LogP contribution in [0.15, 0.2) is 54.9 Å². The molecule has 0 aliphatic carbocycles. The number of ketones is 1. The highest BCUT2D eigenvalue weighted by molar-refractivity contribution is 5.93. The first-order valence-electron chi connectivity index (χ1n) is 12.2. The van der Waals surface area contributed by atoms with Crippen LogP contribution in [-0.4, -0.2) is 57.9 Å². The van der Waals surface area contributed by atoms with E-state index in [2.05, 4.69) is 57.2 Å². The number of imidazole rings is 1. The maximum absolute atomic E-state index is 11.9. The molecule has 0 atom stereocenters. The highest BCUT2D eigenvalue weighted by atomic mass is 35.5. The maximum Gasteiger partial charge on any atom is 0.180 e. The van der Waals surface area contributed by atoms with Crippen LogP contribution in [0, 0.1) is 6.92 Å². The van der Waals surface area contributed by atoms with Gasteiger partial charge in [-0.2, -0.15) is 0 Å². The predicted molar refractivity (Wildman–Crippen MR) is 144 cm³/mol. The lowest BCUT2D eigenvalue weighted by molar-refractivity contribution is 0.101. The predicted octanol–water partition coefficient (Wildman–Crippen LogP) is 4.61. The minimum Gasteiger partial charge on any atom is -0.485 e.